The normalized spacial score (nSPS) is 33.2. The summed E-state index contributed by atoms with van der Waals surface area (Å²) in [6.45, 7) is 6.54. The van der Waals surface area contributed by atoms with Gasteiger partial charge in [0.05, 0.1) is 6.10 Å². The van der Waals surface area contributed by atoms with E-state index >= 15 is 0 Å². The highest BCUT2D eigenvalue weighted by atomic mass is 16.3. The van der Waals surface area contributed by atoms with Crippen molar-refractivity contribution in [3.63, 3.8) is 0 Å². The summed E-state index contributed by atoms with van der Waals surface area (Å²) in [5.74, 6) is 0.613. The SMILES string of the molecule is CC1CN(C)CCN1CC(O)C1CC1. The van der Waals surface area contributed by atoms with Gasteiger partial charge in [-0.3, -0.25) is 4.90 Å². The van der Waals surface area contributed by atoms with E-state index in [1.807, 2.05) is 0 Å². The highest BCUT2D eigenvalue weighted by Crippen LogP contribution is 2.33. The molecule has 0 spiro atoms. The van der Waals surface area contributed by atoms with Crippen LogP contribution in [0.25, 0.3) is 0 Å². The zero-order chi connectivity index (χ0) is 10.1. The third-order valence-electron chi connectivity index (χ3n) is 3.56. The van der Waals surface area contributed by atoms with Crippen molar-refractivity contribution >= 4 is 0 Å². The fraction of sp³-hybridized carbons (Fsp3) is 1.00. The van der Waals surface area contributed by atoms with Gasteiger partial charge in [0.15, 0.2) is 0 Å². The summed E-state index contributed by atoms with van der Waals surface area (Å²) < 4.78 is 0. The van der Waals surface area contributed by atoms with Crippen LogP contribution in [0.1, 0.15) is 19.8 Å². The Balaban J connectivity index is 1.78. The number of hydrogen-bond donors (Lipinski definition) is 1. The van der Waals surface area contributed by atoms with Gasteiger partial charge in [-0.05, 0) is 32.7 Å². The number of aliphatic hydroxyl groups excluding tert-OH is 1. The average Bonchev–Trinajstić information content (AvgIpc) is 2.92. The molecule has 0 aromatic heterocycles. The molecule has 0 aromatic carbocycles. The molecule has 2 fully saturated rings. The second-order valence-electron chi connectivity index (χ2n) is 5.01. The van der Waals surface area contributed by atoms with Gasteiger partial charge < -0.3 is 10.0 Å². The molecule has 2 unspecified atom stereocenters. The highest BCUT2D eigenvalue weighted by molar-refractivity contribution is 4.86. The fourth-order valence-corrected chi connectivity index (χ4v) is 2.32. The number of hydrogen-bond acceptors (Lipinski definition) is 3. The lowest BCUT2D eigenvalue weighted by atomic mass is 10.1. The molecule has 1 N–H and O–H groups in total. The molecular weight excluding hydrogens is 176 g/mol. The molecule has 2 aliphatic rings. The van der Waals surface area contributed by atoms with Gasteiger partial charge in [0.2, 0.25) is 0 Å². The van der Waals surface area contributed by atoms with E-state index < -0.39 is 0 Å². The first-order chi connectivity index (χ1) is 6.66. The zero-order valence-corrected chi connectivity index (χ0v) is 9.32. The molecule has 0 aromatic rings. The number of β-amino-alcohol motifs (C(OH)–C–C–N with tert-alkyl or cyclic N) is 1. The Hall–Kier alpha value is -0.120. The molecule has 1 aliphatic carbocycles. The summed E-state index contributed by atoms with van der Waals surface area (Å²) in [6.07, 6.45) is 2.41. The van der Waals surface area contributed by atoms with Crippen LogP contribution < -0.4 is 0 Å². The molecule has 3 nitrogen and oxygen atoms in total. The van der Waals surface area contributed by atoms with Crippen LogP contribution in [-0.2, 0) is 0 Å². The molecule has 0 radical (unpaired) electrons. The number of nitrogens with zero attached hydrogens (tertiary/aromatic N) is 2. The zero-order valence-electron chi connectivity index (χ0n) is 9.32. The van der Waals surface area contributed by atoms with E-state index in [1.165, 1.54) is 12.8 Å². The van der Waals surface area contributed by atoms with Crippen LogP contribution in [0.5, 0.6) is 0 Å². The summed E-state index contributed by atoms with van der Waals surface area (Å²) in [6, 6.07) is 0.599. The minimum atomic E-state index is -0.0687. The molecule has 1 aliphatic heterocycles. The van der Waals surface area contributed by atoms with Gasteiger partial charge in [0.1, 0.15) is 0 Å². The summed E-state index contributed by atoms with van der Waals surface area (Å²) in [7, 11) is 2.17. The lowest BCUT2D eigenvalue weighted by Gasteiger charge is -2.39. The Morgan fingerprint density at radius 2 is 2.07 bits per heavy atom. The van der Waals surface area contributed by atoms with Crippen molar-refractivity contribution < 1.29 is 5.11 Å². The molecule has 14 heavy (non-hydrogen) atoms. The third-order valence-corrected chi connectivity index (χ3v) is 3.56. The number of rotatable bonds is 3. The molecular formula is C11H22N2O. The number of likely N-dealkylation sites (N-methyl/N-ethyl adjacent to an activating group) is 1. The maximum Gasteiger partial charge on any atom is 0.0695 e. The van der Waals surface area contributed by atoms with Crippen molar-refractivity contribution in [2.45, 2.75) is 31.9 Å². The summed E-state index contributed by atoms with van der Waals surface area (Å²) in [5.41, 5.74) is 0. The van der Waals surface area contributed by atoms with Gasteiger partial charge in [-0.2, -0.15) is 0 Å². The van der Waals surface area contributed by atoms with E-state index in [-0.39, 0.29) is 6.10 Å². The molecule has 0 bridgehead atoms. The first-order valence-electron chi connectivity index (χ1n) is 5.77. The molecule has 3 heteroatoms. The molecule has 2 rings (SSSR count). The van der Waals surface area contributed by atoms with Crippen molar-refractivity contribution in [3.05, 3.63) is 0 Å². The van der Waals surface area contributed by atoms with E-state index in [0.717, 1.165) is 26.2 Å². The second kappa shape index (κ2) is 4.17. The van der Waals surface area contributed by atoms with E-state index in [2.05, 4.69) is 23.8 Å². The van der Waals surface area contributed by atoms with Gasteiger partial charge in [0.25, 0.3) is 0 Å². The van der Waals surface area contributed by atoms with E-state index in [1.54, 1.807) is 0 Å². The monoisotopic (exact) mass is 198 g/mol. The van der Waals surface area contributed by atoms with E-state index in [9.17, 15) is 5.11 Å². The number of aliphatic hydroxyl groups is 1. The van der Waals surface area contributed by atoms with Crippen LogP contribution in [0.4, 0.5) is 0 Å². The molecule has 1 saturated heterocycles. The van der Waals surface area contributed by atoms with Gasteiger partial charge in [-0.1, -0.05) is 0 Å². The van der Waals surface area contributed by atoms with Gasteiger partial charge >= 0.3 is 0 Å². The Morgan fingerprint density at radius 3 is 2.64 bits per heavy atom. The van der Waals surface area contributed by atoms with Crippen LogP contribution in [0.2, 0.25) is 0 Å². The van der Waals surface area contributed by atoms with Crippen molar-refractivity contribution in [3.8, 4) is 0 Å². The minimum Gasteiger partial charge on any atom is -0.392 e. The molecule has 1 saturated carbocycles. The molecule has 82 valence electrons. The van der Waals surface area contributed by atoms with Crippen molar-refractivity contribution in [1.29, 1.82) is 0 Å². The van der Waals surface area contributed by atoms with Gasteiger partial charge in [-0.25, -0.2) is 0 Å². The average molecular weight is 198 g/mol. The summed E-state index contributed by atoms with van der Waals surface area (Å²) >= 11 is 0. The Morgan fingerprint density at radius 1 is 1.36 bits per heavy atom. The molecule has 2 atom stereocenters. The van der Waals surface area contributed by atoms with Crippen molar-refractivity contribution in [2.24, 2.45) is 5.92 Å². The lowest BCUT2D eigenvalue weighted by molar-refractivity contribution is 0.0392. The lowest BCUT2D eigenvalue weighted by Crippen LogP contribution is -2.52. The van der Waals surface area contributed by atoms with Crippen LogP contribution in [0.3, 0.4) is 0 Å². The van der Waals surface area contributed by atoms with Crippen LogP contribution in [0, 0.1) is 5.92 Å². The predicted molar refractivity (Wildman–Crippen MR) is 57.3 cm³/mol. The van der Waals surface area contributed by atoms with E-state index in [0.29, 0.717) is 12.0 Å². The Bertz CT molecular complexity index is 194. The van der Waals surface area contributed by atoms with Gasteiger partial charge in [0, 0.05) is 32.2 Å². The quantitative estimate of drug-likeness (QED) is 0.711. The third kappa shape index (κ3) is 2.47. The smallest absolute Gasteiger partial charge is 0.0695 e. The standard InChI is InChI=1S/C11H22N2O/c1-9-7-12(2)5-6-13(9)8-11(14)10-3-4-10/h9-11,14H,3-8H2,1-2H3. The minimum absolute atomic E-state index is 0.0687. The van der Waals surface area contributed by atoms with Crippen LogP contribution >= 0.6 is 0 Å². The van der Waals surface area contributed by atoms with Crippen LogP contribution in [0.15, 0.2) is 0 Å². The first kappa shape index (κ1) is 10.4. The maximum atomic E-state index is 9.87. The summed E-state index contributed by atoms with van der Waals surface area (Å²) in [4.78, 5) is 4.80. The van der Waals surface area contributed by atoms with Crippen LogP contribution in [-0.4, -0.2) is 60.3 Å². The number of piperazine rings is 1. The fourth-order valence-electron chi connectivity index (χ4n) is 2.32. The Kier molecular flexibility index (Phi) is 3.10. The van der Waals surface area contributed by atoms with Crippen molar-refractivity contribution in [2.75, 3.05) is 33.2 Å². The molecule has 1 heterocycles. The topological polar surface area (TPSA) is 26.7 Å². The van der Waals surface area contributed by atoms with E-state index in [4.69, 9.17) is 0 Å². The van der Waals surface area contributed by atoms with Crippen molar-refractivity contribution in [1.82, 2.24) is 9.80 Å². The largest absolute Gasteiger partial charge is 0.392 e. The first-order valence-corrected chi connectivity index (χ1v) is 5.77. The molecule has 0 amide bonds. The summed E-state index contributed by atoms with van der Waals surface area (Å²) in [5, 5.41) is 9.87. The maximum absolute atomic E-state index is 9.87. The predicted octanol–water partition coefficient (Wildman–Crippen LogP) is 0.393. The van der Waals surface area contributed by atoms with Gasteiger partial charge in [-0.15, -0.1) is 0 Å². The second-order valence-corrected chi connectivity index (χ2v) is 5.01. The highest BCUT2D eigenvalue weighted by Gasteiger charge is 2.32. The Labute approximate surface area is 86.7 Å².